The van der Waals surface area contributed by atoms with E-state index in [0.717, 1.165) is 4.68 Å². The molecular formula is C17H14Cl2N4O5S2. The second kappa shape index (κ2) is 8.36. The molecule has 1 aromatic heterocycles. The van der Waals surface area contributed by atoms with E-state index in [1.807, 2.05) is 0 Å². The van der Waals surface area contributed by atoms with Gasteiger partial charge < -0.3 is 0 Å². The van der Waals surface area contributed by atoms with Gasteiger partial charge in [0.15, 0.2) is 0 Å². The lowest BCUT2D eigenvalue weighted by molar-refractivity contribution is 0.596. The van der Waals surface area contributed by atoms with Gasteiger partial charge in [-0.1, -0.05) is 35.3 Å². The molecule has 158 valence electrons. The maximum absolute atomic E-state index is 12.6. The molecule has 2 aromatic carbocycles. The summed E-state index contributed by atoms with van der Waals surface area (Å²) in [5.74, 6) is -0.428. The van der Waals surface area contributed by atoms with Crippen LogP contribution in [0.5, 0.6) is 0 Å². The zero-order valence-electron chi connectivity index (χ0n) is 15.0. The second-order valence-electron chi connectivity index (χ2n) is 6.13. The van der Waals surface area contributed by atoms with E-state index in [4.69, 9.17) is 28.3 Å². The number of rotatable bonds is 6. The standard InChI is InChI=1S/C17H14Cl2N4O5S2/c18-15-9-21-23(17(24)16(15)19)13-4-6-14(7-5-13)30(27,28)22-12-3-1-2-11(8-12)10-29(20,25)26/h1-9,22H,10H2,(H2,20,25,26). The van der Waals surface area contributed by atoms with Gasteiger partial charge in [-0.15, -0.1) is 0 Å². The Morgan fingerprint density at radius 2 is 1.70 bits per heavy atom. The van der Waals surface area contributed by atoms with E-state index in [2.05, 4.69) is 9.82 Å². The highest BCUT2D eigenvalue weighted by atomic mass is 35.5. The number of aromatic nitrogens is 2. The first-order chi connectivity index (χ1) is 14.0. The van der Waals surface area contributed by atoms with Crippen LogP contribution in [-0.2, 0) is 25.8 Å². The van der Waals surface area contributed by atoms with Gasteiger partial charge in [0, 0.05) is 5.69 Å². The third-order valence-electron chi connectivity index (χ3n) is 3.82. The molecule has 30 heavy (non-hydrogen) atoms. The summed E-state index contributed by atoms with van der Waals surface area (Å²) in [6.45, 7) is 0. The van der Waals surface area contributed by atoms with Gasteiger partial charge in [0.25, 0.3) is 15.6 Å². The lowest BCUT2D eigenvalue weighted by atomic mass is 10.2. The Kier molecular flexibility index (Phi) is 6.20. The third-order valence-corrected chi connectivity index (χ3v) is 6.70. The molecule has 0 amide bonds. The number of primary sulfonamides is 1. The SMILES string of the molecule is NS(=O)(=O)Cc1cccc(NS(=O)(=O)c2ccc(-n3ncc(Cl)c(Cl)c3=O)cc2)c1. The number of nitrogens with two attached hydrogens (primary N) is 1. The van der Waals surface area contributed by atoms with Crippen LogP contribution in [0, 0.1) is 0 Å². The molecular weight excluding hydrogens is 475 g/mol. The first kappa shape index (κ1) is 22.2. The Morgan fingerprint density at radius 3 is 2.33 bits per heavy atom. The summed E-state index contributed by atoms with van der Waals surface area (Å²) in [5.41, 5.74) is 0.137. The molecule has 0 aliphatic rings. The molecule has 0 aliphatic heterocycles. The molecule has 0 spiro atoms. The van der Waals surface area contributed by atoms with E-state index in [0.29, 0.717) is 5.56 Å². The fourth-order valence-electron chi connectivity index (χ4n) is 2.53. The highest BCUT2D eigenvalue weighted by molar-refractivity contribution is 7.92. The first-order valence-corrected chi connectivity index (χ1v) is 12.1. The van der Waals surface area contributed by atoms with Gasteiger partial charge in [0.05, 0.1) is 27.6 Å². The van der Waals surface area contributed by atoms with Crippen molar-refractivity contribution >= 4 is 48.9 Å². The molecule has 3 aromatic rings. The van der Waals surface area contributed by atoms with Crippen LogP contribution >= 0.6 is 23.2 Å². The predicted molar refractivity (Wildman–Crippen MR) is 114 cm³/mol. The van der Waals surface area contributed by atoms with Crippen LogP contribution < -0.4 is 15.4 Å². The van der Waals surface area contributed by atoms with Crippen molar-refractivity contribution in [2.24, 2.45) is 5.14 Å². The highest BCUT2D eigenvalue weighted by Crippen LogP contribution is 2.20. The second-order valence-corrected chi connectivity index (χ2v) is 10.2. The Labute approximate surface area is 182 Å². The summed E-state index contributed by atoms with van der Waals surface area (Å²) in [4.78, 5) is 12.1. The van der Waals surface area contributed by atoms with Crippen LogP contribution in [0.4, 0.5) is 5.69 Å². The smallest absolute Gasteiger partial charge is 0.280 e. The quantitative estimate of drug-likeness (QED) is 0.544. The van der Waals surface area contributed by atoms with E-state index >= 15 is 0 Å². The van der Waals surface area contributed by atoms with Gasteiger partial charge in [-0.05, 0) is 42.0 Å². The number of hydrogen-bond acceptors (Lipinski definition) is 6. The summed E-state index contributed by atoms with van der Waals surface area (Å²) in [7, 11) is -7.74. The number of nitrogens with one attached hydrogen (secondary N) is 1. The van der Waals surface area contributed by atoms with E-state index in [-0.39, 0.29) is 26.3 Å². The molecule has 0 atom stereocenters. The Morgan fingerprint density at radius 1 is 1.03 bits per heavy atom. The molecule has 0 aliphatic carbocycles. The van der Waals surface area contributed by atoms with Gasteiger partial charge >= 0.3 is 0 Å². The van der Waals surface area contributed by atoms with Crippen molar-refractivity contribution < 1.29 is 16.8 Å². The van der Waals surface area contributed by atoms with E-state index in [1.165, 1.54) is 54.7 Å². The molecule has 0 bridgehead atoms. The molecule has 0 saturated carbocycles. The Hall–Kier alpha value is -2.44. The number of benzene rings is 2. The van der Waals surface area contributed by atoms with E-state index in [9.17, 15) is 21.6 Å². The van der Waals surface area contributed by atoms with Gasteiger partial charge in [-0.25, -0.2) is 22.0 Å². The number of anilines is 1. The number of hydrogen-bond donors (Lipinski definition) is 2. The summed E-state index contributed by atoms with van der Waals surface area (Å²) < 4.78 is 51.1. The minimum absolute atomic E-state index is 0.00554. The van der Waals surface area contributed by atoms with Crippen molar-refractivity contribution in [1.29, 1.82) is 0 Å². The normalized spacial score (nSPS) is 12.0. The summed E-state index contributed by atoms with van der Waals surface area (Å²) in [6.07, 6.45) is 1.20. The minimum atomic E-state index is -3.98. The number of halogens is 2. The third kappa shape index (κ3) is 5.18. The topological polar surface area (TPSA) is 141 Å². The van der Waals surface area contributed by atoms with Crippen molar-refractivity contribution in [1.82, 2.24) is 9.78 Å². The van der Waals surface area contributed by atoms with Gasteiger partial charge in [0.2, 0.25) is 10.0 Å². The zero-order valence-corrected chi connectivity index (χ0v) is 18.1. The van der Waals surface area contributed by atoms with Crippen LogP contribution in [0.15, 0.2) is 64.4 Å². The zero-order chi connectivity index (χ0) is 22.1. The largest absolute Gasteiger partial charge is 0.291 e. The van der Waals surface area contributed by atoms with E-state index in [1.54, 1.807) is 0 Å². The molecule has 0 radical (unpaired) electrons. The molecule has 9 nitrogen and oxygen atoms in total. The van der Waals surface area contributed by atoms with E-state index < -0.39 is 31.4 Å². The molecule has 0 saturated heterocycles. The van der Waals surface area contributed by atoms with Crippen molar-refractivity contribution in [2.75, 3.05) is 4.72 Å². The number of sulfonamides is 2. The minimum Gasteiger partial charge on any atom is -0.280 e. The maximum atomic E-state index is 12.6. The summed E-state index contributed by atoms with van der Waals surface area (Å²) in [6, 6.07) is 11.2. The molecule has 3 rings (SSSR count). The molecule has 1 heterocycles. The Bertz CT molecular complexity index is 1370. The van der Waals surface area contributed by atoms with Crippen molar-refractivity contribution in [3.05, 3.63) is 80.7 Å². The fraction of sp³-hybridized carbons (Fsp3) is 0.0588. The monoisotopic (exact) mass is 488 g/mol. The lowest BCUT2D eigenvalue weighted by Crippen LogP contribution is -2.21. The van der Waals surface area contributed by atoms with Crippen LogP contribution in [0.2, 0.25) is 10.0 Å². The molecule has 0 unspecified atom stereocenters. The fourth-order valence-corrected chi connectivity index (χ4v) is 4.48. The van der Waals surface area contributed by atoms with Crippen LogP contribution in [0.3, 0.4) is 0 Å². The maximum Gasteiger partial charge on any atom is 0.291 e. The van der Waals surface area contributed by atoms with Crippen LogP contribution in [0.1, 0.15) is 5.56 Å². The van der Waals surface area contributed by atoms with Crippen molar-refractivity contribution in [3.8, 4) is 5.69 Å². The van der Waals surface area contributed by atoms with Gasteiger partial charge in [0.1, 0.15) is 5.02 Å². The van der Waals surface area contributed by atoms with Crippen LogP contribution in [0.25, 0.3) is 5.69 Å². The predicted octanol–water partition coefficient (Wildman–Crippen LogP) is 2.13. The average molecular weight is 489 g/mol. The van der Waals surface area contributed by atoms with Crippen molar-refractivity contribution in [3.63, 3.8) is 0 Å². The molecule has 0 fully saturated rings. The average Bonchev–Trinajstić information content (AvgIpc) is 2.65. The van der Waals surface area contributed by atoms with Crippen LogP contribution in [-0.4, -0.2) is 26.6 Å². The lowest BCUT2D eigenvalue weighted by Gasteiger charge is -2.10. The van der Waals surface area contributed by atoms with Gasteiger partial charge in [-0.3, -0.25) is 9.52 Å². The first-order valence-electron chi connectivity index (χ1n) is 8.12. The van der Waals surface area contributed by atoms with Gasteiger partial charge in [-0.2, -0.15) is 9.78 Å². The highest BCUT2D eigenvalue weighted by Gasteiger charge is 2.16. The number of nitrogens with zero attached hydrogens (tertiary/aromatic N) is 2. The molecule has 3 N–H and O–H groups in total. The molecule has 13 heteroatoms. The summed E-state index contributed by atoms with van der Waals surface area (Å²) in [5, 5.41) is 8.69. The summed E-state index contributed by atoms with van der Waals surface area (Å²) >= 11 is 11.6. The van der Waals surface area contributed by atoms with Crippen molar-refractivity contribution in [2.45, 2.75) is 10.6 Å². The Balaban J connectivity index is 1.87.